The van der Waals surface area contributed by atoms with E-state index in [4.69, 9.17) is 19.6 Å². The van der Waals surface area contributed by atoms with Gasteiger partial charge in [0, 0.05) is 42.8 Å². The molecule has 0 aliphatic carbocycles. The van der Waals surface area contributed by atoms with Gasteiger partial charge >= 0.3 is 0 Å². The third-order valence-electron chi connectivity index (χ3n) is 10.4. The molecule has 0 amide bonds. The van der Waals surface area contributed by atoms with E-state index in [9.17, 15) is 5.11 Å². The zero-order valence-corrected chi connectivity index (χ0v) is 36.1. The summed E-state index contributed by atoms with van der Waals surface area (Å²) < 4.78 is 60.4. The van der Waals surface area contributed by atoms with Crippen molar-refractivity contribution in [3.8, 4) is 67.5 Å². The summed E-state index contributed by atoms with van der Waals surface area (Å²) in [5.41, 5.74) is 11.5. The first kappa shape index (κ1) is 32.4. The number of nitrogens with zero attached hydrogens (tertiary/aromatic N) is 3. The van der Waals surface area contributed by atoms with Gasteiger partial charge in [-0.25, -0.2) is 4.98 Å². The molecule has 8 aromatic rings. The summed E-state index contributed by atoms with van der Waals surface area (Å²) in [6.45, 7) is 11.9. The Morgan fingerprint density at radius 2 is 1.52 bits per heavy atom. The number of fused-ring (bicyclic) bond motifs is 1. The van der Waals surface area contributed by atoms with E-state index in [1.54, 1.807) is 18.3 Å². The fraction of sp³-hybridized carbons (Fsp3) is 0.208. The average molecular weight is 947 g/mol. The number of hydrogen-bond acceptors (Lipinski definition) is 3. The molecule has 8 rings (SSSR count). The van der Waals surface area contributed by atoms with Crippen LogP contribution in [0.5, 0.6) is 5.75 Å². The van der Waals surface area contributed by atoms with Crippen molar-refractivity contribution in [3.05, 3.63) is 167 Å². The van der Waals surface area contributed by atoms with Crippen LogP contribution in [0, 0.1) is 32.7 Å². The zero-order valence-electron chi connectivity index (χ0n) is 40.8. The summed E-state index contributed by atoms with van der Waals surface area (Å²) in [6.07, 6.45) is 2.41. The van der Waals surface area contributed by atoms with E-state index in [2.05, 4.69) is 99.8 Å². The predicted molar refractivity (Wildman–Crippen MR) is 238 cm³/mol. The molecule has 0 aliphatic rings. The number of aryl methyl sites for hydroxylation is 2. The van der Waals surface area contributed by atoms with E-state index in [-0.39, 0.29) is 37.8 Å². The Bertz CT molecular complexity index is 3090. The minimum absolute atomic E-state index is 0. The number of rotatable bonds is 8. The smallest absolute Gasteiger partial charge is 0.148 e. The Morgan fingerprint density at radius 3 is 2.24 bits per heavy atom. The maximum Gasteiger partial charge on any atom is 0.148 e. The van der Waals surface area contributed by atoms with Gasteiger partial charge in [0.1, 0.15) is 11.6 Å². The van der Waals surface area contributed by atoms with Crippen molar-refractivity contribution in [2.75, 3.05) is 0 Å². The van der Waals surface area contributed by atoms with Crippen LogP contribution in [0.1, 0.15) is 72.0 Å². The van der Waals surface area contributed by atoms with Crippen molar-refractivity contribution in [2.24, 2.45) is 5.92 Å². The molecule has 0 aliphatic heterocycles. The molecule has 6 aromatic carbocycles. The Balaban J connectivity index is 0.00000630. The molecule has 294 valence electrons. The van der Waals surface area contributed by atoms with Gasteiger partial charge in [0.2, 0.25) is 0 Å². The number of pyridine rings is 1. The second kappa shape index (κ2) is 16.4. The SMILES string of the molecule is [2H]c1c([2H])c(C([2H])([2H])[2H])c([2H])c([2H])c1-c1ccnc(-c2[c-]c(-c3cccc4c3nc(-c3cc(C)cc(C)c3O)n4-c3ccc(-c4ccccc4)c(CC(C)C)c3)cc(C(C)(C)C)c2)c1.[Pt]. The van der Waals surface area contributed by atoms with Crippen LogP contribution >= 0.6 is 0 Å². The molecule has 0 saturated carbocycles. The van der Waals surface area contributed by atoms with E-state index in [0.29, 0.717) is 39.6 Å². The topological polar surface area (TPSA) is 50.9 Å². The Morgan fingerprint density at radius 1 is 0.759 bits per heavy atom. The van der Waals surface area contributed by atoms with Crippen LogP contribution in [0.3, 0.4) is 0 Å². The first-order valence-electron chi connectivity index (χ1n) is 22.9. The number of imidazole rings is 1. The van der Waals surface area contributed by atoms with Gasteiger partial charge in [-0.1, -0.05) is 136 Å². The molecule has 4 nitrogen and oxygen atoms in total. The minimum atomic E-state index is -2.82. The third kappa shape index (κ3) is 8.09. The van der Waals surface area contributed by atoms with Crippen LogP contribution in [0.15, 0.2) is 133 Å². The van der Waals surface area contributed by atoms with Crippen LogP contribution in [0.2, 0.25) is 0 Å². The molecule has 0 spiro atoms. The summed E-state index contributed by atoms with van der Waals surface area (Å²) in [5.74, 6) is 1.16. The van der Waals surface area contributed by atoms with Gasteiger partial charge in [-0.15, -0.1) is 29.3 Å². The van der Waals surface area contributed by atoms with E-state index in [1.165, 1.54) is 11.1 Å². The summed E-state index contributed by atoms with van der Waals surface area (Å²) >= 11 is 0. The van der Waals surface area contributed by atoms with Crippen molar-refractivity contribution in [1.29, 1.82) is 0 Å². The van der Waals surface area contributed by atoms with Gasteiger partial charge < -0.3 is 5.11 Å². The van der Waals surface area contributed by atoms with Crippen LogP contribution in [-0.2, 0) is 32.9 Å². The van der Waals surface area contributed by atoms with Crippen molar-refractivity contribution in [1.82, 2.24) is 14.5 Å². The van der Waals surface area contributed by atoms with E-state index < -0.39 is 36.6 Å². The van der Waals surface area contributed by atoms with Gasteiger partial charge in [-0.3, -0.25) is 9.55 Å². The summed E-state index contributed by atoms with van der Waals surface area (Å²) in [4.78, 5) is 10.1. The monoisotopic (exact) mass is 946 g/mol. The zero-order chi connectivity index (χ0) is 46.0. The normalized spacial score (nSPS) is 13.6. The molecule has 0 atom stereocenters. The average Bonchev–Trinajstić information content (AvgIpc) is 3.63. The number of para-hydroxylation sites is 1. The van der Waals surface area contributed by atoms with E-state index in [1.807, 2.05) is 50.2 Å². The van der Waals surface area contributed by atoms with Gasteiger partial charge in [0.15, 0.2) is 0 Å². The molecule has 0 unspecified atom stereocenters. The van der Waals surface area contributed by atoms with Gasteiger partial charge in [-0.2, -0.15) is 0 Å². The molecule has 0 radical (unpaired) electrons. The third-order valence-corrected chi connectivity index (χ3v) is 10.4. The molecule has 0 saturated heterocycles. The van der Waals surface area contributed by atoms with Gasteiger partial charge in [0.05, 0.1) is 22.1 Å². The second-order valence-electron chi connectivity index (χ2n) is 16.4. The minimum Gasteiger partial charge on any atom is -0.507 e. The fourth-order valence-corrected chi connectivity index (χ4v) is 7.59. The number of benzene rings is 6. The van der Waals surface area contributed by atoms with Gasteiger partial charge in [-0.05, 0) is 108 Å². The molecule has 1 N–H and O–H groups in total. The molecule has 58 heavy (non-hydrogen) atoms. The van der Waals surface area contributed by atoms with Crippen molar-refractivity contribution in [2.45, 2.75) is 67.2 Å². The number of phenolic OH excluding ortho intramolecular Hbond substituents is 1. The first-order valence-corrected chi connectivity index (χ1v) is 19.4. The molecular weight excluding hydrogens is 890 g/mol. The maximum atomic E-state index is 11.7. The van der Waals surface area contributed by atoms with Crippen molar-refractivity contribution < 1.29 is 35.8 Å². The molecule has 0 bridgehead atoms. The number of aromatic hydroxyl groups is 1. The number of aromatic nitrogens is 3. The summed E-state index contributed by atoms with van der Waals surface area (Å²) in [5, 5.41) is 11.7. The van der Waals surface area contributed by atoms with Crippen molar-refractivity contribution in [3.63, 3.8) is 0 Å². The van der Waals surface area contributed by atoms with Gasteiger partial charge in [0.25, 0.3) is 0 Å². The Kier molecular flexibility index (Phi) is 9.13. The first-order chi connectivity index (χ1) is 30.2. The second-order valence-corrected chi connectivity index (χ2v) is 16.4. The van der Waals surface area contributed by atoms with E-state index in [0.717, 1.165) is 51.0 Å². The molecule has 2 aromatic heterocycles. The molecular formula is C53H50N3OPt-. The summed E-state index contributed by atoms with van der Waals surface area (Å²) in [7, 11) is 0. The standard InChI is InChI=1S/C53H50N3O.Pt/c1-33(2)25-40-31-44(21-22-45(40)38-13-10-9-11-14-38)56-49-16-12-15-46(50(49)55-52(56)47-27-35(4)26-36(5)51(47)57)41-28-42(30-43(29-41)53(6,7)8)48-32-39(23-24-54-48)37-19-17-34(3)18-20-37;/h9-24,26-27,29-33,57H,25H2,1-8H3;/q-1;/i3D3,17D,18D,19D,20D;. The van der Waals surface area contributed by atoms with Crippen LogP contribution < -0.4 is 0 Å². The maximum absolute atomic E-state index is 11.7. The van der Waals surface area contributed by atoms with Crippen molar-refractivity contribution >= 4 is 11.0 Å². The predicted octanol–water partition coefficient (Wildman–Crippen LogP) is 13.7. The molecule has 5 heteroatoms. The largest absolute Gasteiger partial charge is 0.507 e. The fourth-order valence-electron chi connectivity index (χ4n) is 7.59. The van der Waals surface area contributed by atoms with Crippen LogP contribution in [0.25, 0.3) is 72.7 Å². The van der Waals surface area contributed by atoms with Crippen LogP contribution in [0.4, 0.5) is 0 Å². The summed E-state index contributed by atoms with van der Waals surface area (Å²) in [6, 6.07) is 36.0. The van der Waals surface area contributed by atoms with E-state index >= 15 is 0 Å². The quantitative estimate of drug-likeness (QED) is 0.154. The number of hydrogen-bond donors (Lipinski definition) is 1. The number of phenols is 1. The Hall–Kier alpha value is -5.57. The van der Waals surface area contributed by atoms with Crippen LogP contribution in [-0.4, -0.2) is 19.6 Å². The molecule has 0 fully saturated rings. The molecule has 2 heterocycles. The Labute approximate surface area is 367 Å².